The fraction of sp³-hybridized carbons (Fsp3) is 0.316. The molecule has 0 unspecified atom stereocenters. The number of benzene rings is 2. The van der Waals surface area contributed by atoms with E-state index in [-0.39, 0.29) is 10.8 Å². The van der Waals surface area contributed by atoms with Crippen LogP contribution < -0.4 is 4.72 Å². The molecule has 0 saturated carbocycles. The van der Waals surface area contributed by atoms with Crippen LogP contribution in [0.4, 0.5) is 5.69 Å². The predicted octanol–water partition coefficient (Wildman–Crippen LogP) is 4.18. The van der Waals surface area contributed by atoms with Crippen LogP contribution >= 0.6 is 15.9 Å². The molecule has 0 bridgehead atoms. The molecule has 1 aliphatic rings. The van der Waals surface area contributed by atoms with E-state index < -0.39 is 10.0 Å². The second-order valence-electron chi connectivity index (χ2n) is 6.41. The Morgan fingerprint density at radius 2 is 1.77 bits per heavy atom. The molecule has 1 amide bonds. The minimum atomic E-state index is -3.78. The number of sulfonamides is 1. The number of carbonyl (C=O) groups excluding carboxylic acids is 1. The summed E-state index contributed by atoms with van der Waals surface area (Å²) in [4.78, 5) is 14.8. The second kappa shape index (κ2) is 7.80. The summed E-state index contributed by atoms with van der Waals surface area (Å²) >= 11 is 3.37. The zero-order chi connectivity index (χ0) is 18.7. The Bertz CT molecular complexity index is 922. The van der Waals surface area contributed by atoms with Crippen LogP contribution in [0, 0.1) is 6.92 Å². The first-order chi connectivity index (χ1) is 12.4. The highest BCUT2D eigenvalue weighted by molar-refractivity contribution is 9.10. The monoisotopic (exact) mass is 436 g/mol. The van der Waals surface area contributed by atoms with Gasteiger partial charge in [-0.05, 0) is 62.1 Å². The summed E-state index contributed by atoms with van der Waals surface area (Å²) in [5, 5.41) is 0. The van der Waals surface area contributed by atoms with E-state index in [1.54, 1.807) is 41.3 Å². The molecule has 1 aliphatic heterocycles. The third kappa shape index (κ3) is 4.10. The molecule has 2 aromatic rings. The average Bonchev–Trinajstić information content (AvgIpc) is 2.64. The third-order valence-corrected chi connectivity index (χ3v) is 6.74. The van der Waals surface area contributed by atoms with Crippen LogP contribution in [0.15, 0.2) is 51.8 Å². The van der Waals surface area contributed by atoms with Crippen LogP contribution in [-0.4, -0.2) is 32.3 Å². The summed E-state index contributed by atoms with van der Waals surface area (Å²) < 4.78 is 29.0. The van der Waals surface area contributed by atoms with E-state index in [9.17, 15) is 13.2 Å². The zero-order valence-corrected chi connectivity index (χ0v) is 16.9. The predicted molar refractivity (Wildman–Crippen MR) is 106 cm³/mol. The Morgan fingerprint density at radius 3 is 2.46 bits per heavy atom. The van der Waals surface area contributed by atoms with Crippen molar-refractivity contribution in [1.29, 1.82) is 0 Å². The van der Waals surface area contributed by atoms with Crippen LogP contribution in [0.1, 0.15) is 35.2 Å². The lowest BCUT2D eigenvalue weighted by molar-refractivity contribution is 0.0725. The number of nitrogens with one attached hydrogen (secondary N) is 1. The van der Waals surface area contributed by atoms with Gasteiger partial charge in [0.2, 0.25) is 0 Å². The van der Waals surface area contributed by atoms with Gasteiger partial charge in [0, 0.05) is 17.6 Å². The molecule has 0 radical (unpaired) electrons. The SMILES string of the molecule is Cc1cc(S(=O)(=O)Nc2ccccc2C(=O)N2CCCCC2)ccc1Br. The Morgan fingerprint density at radius 1 is 1.08 bits per heavy atom. The summed E-state index contributed by atoms with van der Waals surface area (Å²) in [7, 11) is -3.78. The molecule has 0 spiro atoms. The van der Waals surface area contributed by atoms with Crippen LogP contribution in [0.3, 0.4) is 0 Å². The van der Waals surface area contributed by atoms with Gasteiger partial charge in [-0.15, -0.1) is 0 Å². The smallest absolute Gasteiger partial charge is 0.261 e. The lowest BCUT2D eigenvalue weighted by Gasteiger charge is -2.27. The van der Waals surface area contributed by atoms with Gasteiger partial charge in [-0.1, -0.05) is 28.1 Å². The summed E-state index contributed by atoms with van der Waals surface area (Å²) in [6.07, 6.45) is 3.09. The van der Waals surface area contributed by atoms with E-state index in [1.165, 1.54) is 6.07 Å². The van der Waals surface area contributed by atoms with E-state index in [1.807, 2.05) is 6.92 Å². The number of hydrogen-bond donors (Lipinski definition) is 1. The molecule has 1 fully saturated rings. The highest BCUT2D eigenvalue weighted by Gasteiger charge is 2.23. The minimum Gasteiger partial charge on any atom is -0.339 e. The van der Waals surface area contributed by atoms with E-state index in [0.717, 1.165) is 29.3 Å². The van der Waals surface area contributed by atoms with Crippen molar-refractivity contribution in [1.82, 2.24) is 4.90 Å². The average molecular weight is 437 g/mol. The van der Waals surface area contributed by atoms with E-state index in [4.69, 9.17) is 0 Å². The first-order valence-corrected chi connectivity index (χ1v) is 10.8. The van der Waals surface area contributed by atoms with Gasteiger partial charge < -0.3 is 4.90 Å². The van der Waals surface area contributed by atoms with Gasteiger partial charge >= 0.3 is 0 Å². The highest BCUT2D eigenvalue weighted by Crippen LogP contribution is 2.25. The highest BCUT2D eigenvalue weighted by atomic mass is 79.9. The van der Waals surface area contributed by atoms with Crippen LogP contribution in [0.2, 0.25) is 0 Å². The maximum Gasteiger partial charge on any atom is 0.261 e. The maximum absolute atomic E-state index is 12.8. The molecule has 1 heterocycles. The largest absolute Gasteiger partial charge is 0.339 e. The van der Waals surface area contributed by atoms with E-state index in [0.29, 0.717) is 24.3 Å². The number of hydrogen-bond acceptors (Lipinski definition) is 3. The molecular weight excluding hydrogens is 416 g/mol. The summed E-state index contributed by atoms with van der Waals surface area (Å²) in [6.45, 7) is 3.26. The van der Waals surface area contributed by atoms with E-state index >= 15 is 0 Å². The number of piperidine rings is 1. The molecule has 7 heteroatoms. The number of anilines is 1. The topological polar surface area (TPSA) is 66.5 Å². The quantitative estimate of drug-likeness (QED) is 0.781. The number of amides is 1. The van der Waals surface area contributed by atoms with Gasteiger partial charge in [-0.25, -0.2) is 8.42 Å². The number of halogens is 1. The van der Waals surface area contributed by atoms with Crippen molar-refractivity contribution in [2.45, 2.75) is 31.1 Å². The van der Waals surface area contributed by atoms with Crippen molar-refractivity contribution in [2.75, 3.05) is 17.8 Å². The number of para-hydroxylation sites is 1. The van der Waals surface area contributed by atoms with E-state index in [2.05, 4.69) is 20.7 Å². The Labute approximate surface area is 162 Å². The molecular formula is C19H21BrN2O3S. The lowest BCUT2D eigenvalue weighted by atomic mass is 10.1. The molecule has 3 rings (SSSR count). The van der Waals surface area contributed by atoms with Crippen molar-refractivity contribution in [2.24, 2.45) is 0 Å². The van der Waals surface area contributed by atoms with Crippen molar-refractivity contribution in [3.8, 4) is 0 Å². The van der Waals surface area contributed by atoms with Gasteiger partial charge in [0.1, 0.15) is 0 Å². The van der Waals surface area contributed by atoms with Gasteiger partial charge in [0.15, 0.2) is 0 Å². The summed E-state index contributed by atoms with van der Waals surface area (Å²) in [6, 6.07) is 11.6. The first kappa shape index (κ1) is 18.9. The Balaban J connectivity index is 1.90. The number of aryl methyl sites for hydroxylation is 1. The first-order valence-electron chi connectivity index (χ1n) is 8.56. The molecule has 0 aromatic heterocycles. The number of rotatable bonds is 4. The lowest BCUT2D eigenvalue weighted by Crippen LogP contribution is -2.36. The van der Waals surface area contributed by atoms with Crippen molar-refractivity contribution in [3.63, 3.8) is 0 Å². The standard InChI is InChI=1S/C19H21BrN2O3S/c1-14-13-15(9-10-17(14)20)26(24,25)21-18-8-4-3-7-16(18)19(23)22-11-5-2-6-12-22/h3-4,7-10,13,21H,2,5-6,11-12H2,1H3. The maximum atomic E-state index is 12.8. The van der Waals surface area contributed by atoms with Crippen LogP contribution in [-0.2, 0) is 10.0 Å². The number of likely N-dealkylation sites (tertiary alicyclic amines) is 1. The molecule has 1 N–H and O–H groups in total. The molecule has 0 atom stereocenters. The van der Waals surface area contributed by atoms with Gasteiger partial charge in [0.25, 0.3) is 15.9 Å². The van der Waals surface area contributed by atoms with Crippen LogP contribution in [0.25, 0.3) is 0 Å². The van der Waals surface area contributed by atoms with Crippen molar-refractivity contribution < 1.29 is 13.2 Å². The Hall–Kier alpha value is -1.86. The fourth-order valence-electron chi connectivity index (χ4n) is 3.01. The van der Waals surface area contributed by atoms with Gasteiger partial charge in [-0.3, -0.25) is 9.52 Å². The molecule has 138 valence electrons. The fourth-order valence-corrected chi connectivity index (χ4v) is 4.43. The second-order valence-corrected chi connectivity index (χ2v) is 8.95. The minimum absolute atomic E-state index is 0.130. The van der Waals surface area contributed by atoms with Crippen molar-refractivity contribution >= 4 is 37.5 Å². The van der Waals surface area contributed by atoms with Crippen molar-refractivity contribution in [3.05, 3.63) is 58.1 Å². The normalized spacial score (nSPS) is 14.9. The third-order valence-electron chi connectivity index (χ3n) is 4.48. The van der Waals surface area contributed by atoms with Gasteiger partial charge in [0.05, 0.1) is 16.1 Å². The summed E-state index contributed by atoms with van der Waals surface area (Å²) in [5.74, 6) is -0.130. The summed E-state index contributed by atoms with van der Waals surface area (Å²) in [5.41, 5.74) is 1.51. The Kier molecular flexibility index (Phi) is 5.67. The van der Waals surface area contributed by atoms with Crippen LogP contribution in [0.5, 0.6) is 0 Å². The molecule has 2 aromatic carbocycles. The number of carbonyl (C=O) groups is 1. The molecule has 5 nitrogen and oxygen atoms in total. The zero-order valence-electron chi connectivity index (χ0n) is 14.5. The van der Waals surface area contributed by atoms with Gasteiger partial charge in [-0.2, -0.15) is 0 Å². The molecule has 0 aliphatic carbocycles. The molecule has 1 saturated heterocycles. The molecule has 26 heavy (non-hydrogen) atoms. The number of nitrogens with zero attached hydrogens (tertiary/aromatic N) is 1.